The van der Waals surface area contributed by atoms with Gasteiger partial charge < -0.3 is 10.2 Å². The normalized spacial score (nSPS) is 19.8. The molecule has 0 bridgehead atoms. The van der Waals surface area contributed by atoms with Gasteiger partial charge in [0.25, 0.3) is 5.91 Å². The Morgan fingerprint density at radius 1 is 1.61 bits per heavy atom. The molecular weight excluding hydrogens is 232 g/mol. The number of aryl methyl sites for hydroxylation is 2. The van der Waals surface area contributed by atoms with Gasteiger partial charge in [0.15, 0.2) is 0 Å². The van der Waals surface area contributed by atoms with E-state index in [1.54, 1.807) is 29.6 Å². The van der Waals surface area contributed by atoms with E-state index >= 15 is 0 Å². The van der Waals surface area contributed by atoms with Crippen molar-refractivity contribution in [1.82, 2.24) is 20.0 Å². The summed E-state index contributed by atoms with van der Waals surface area (Å²) in [6.45, 7) is 4.78. The molecule has 1 N–H and O–H groups in total. The van der Waals surface area contributed by atoms with Crippen LogP contribution in [0.4, 0.5) is 0 Å². The molecule has 1 aromatic heterocycles. The Kier molecular flexibility index (Phi) is 3.36. The number of rotatable bonds is 2. The van der Waals surface area contributed by atoms with E-state index in [1.807, 2.05) is 6.92 Å². The zero-order valence-electron chi connectivity index (χ0n) is 10.9. The summed E-state index contributed by atoms with van der Waals surface area (Å²) < 4.78 is 1.58. The second-order valence-corrected chi connectivity index (χ2v) is 4.46. The number of carbonyl (C=O) groups is 2. The maximum atomic E-state index is 12.4. The van der Waals surface area contributed by atoms with Crippen LogP contribution in [0.2, 0.25) is 0 Å². The van der Waals surface area contributed by atoms with Crippen LogP contribution >= 0.6 is 0 Å². The van der Waals surface area contributed by atoms with Gasteiger partial charge in [-0.05, 0) is 19.4 Å². The Balaban J connectivity index is 2.24. The molecule has 2 heterocycles. The van der Waals surface area contributed by atoms with Gasteiger partial charge in [0, 0.05) is 20.1 Å². The number of hydrogen-bond acceptors (Lipinski definition) is 3. The maximum absolute atomic E-state index is 12.4. The minimum Gasteiger partial charge on any atom is -0.353 e. The molecule has 98 valence electrons. The van der Waals surface area contributed by atoms with E-state index in [2.05, 4.69) is 10.4 Å². The molecule has 0 aliphatic carbocycles. The molecule has 1 unspecified atom stereocenters. The van der Waals surface area contributed by atoms with E-state index in [0.29, 0.717) is 18.8 Å². The standard InChI is InChI=1S/C12H18N4O2/c1-4-9-7-10(15(3)14-9)12(18)16-6-5-13-11(17)8(16)2/h7-8H,4-6H2,1-3H3,(H,13,17). The van der Waals surface area contributed by atoms with Gasteiger partial charge in [-0.25, -0.2) is 0 Å². The number of carbonyl (C=O) groups excluding carboxylic acids is 2. The van der Waals surface area contributed by atoms with Crippen molar-refractivity contribution in [2.24, 2.45) is 7.05 Å². The van der Waals surface area contributed by atoms with Crippen LogP contribution in [-0.2, 0) is 18.3 Å². The topological polar surface area (TPSA) is 67.2 Å². The van der Waals surface area contributed by atoms with Crippen molar-refractivity contribution < 1.29 is 9.59 Å². The Morgan fingerprint density at radius 3 is 2.94 bits per heavy atom. The van der Waals surface area contributed by atoms with E-state index in [4.69, 9.17) is 0 Å². The predicted octanol–water partition coefficient (Wildman–Crippen LogP) is -0.0570. The number of amides is 2. The van der Waals surface area contributed by atoms with Crippen LogP contribution in [0.3, 0.4) is 0 Å². The van der Waals surface area contributed by atoms with Gasteiger partial charge >= 0.3 is 0 Å². The van der Waals surface area contributed by atoms with Crippen LogP contribution < -0.4 is 5.32 Å². The molecular formula is C12H18N4O2. The van der Waals surface area contributed by atoms with E-state index in [0.717, 1.165) is 12.1 Å². The lowest BCUT2D eigenvalue weighted by Gasteiger charge is -2.32. The first-order chi connectivity index (χ1) is 8.54. The van der Waals surface area contributed by atoms with Crippen molar-refractivity contribution in [1.29, 1.82) is 0 Å². The number of nitrogens with one attached hydrogen (secondary N) is 1. The molecule has 1 saturated heterocycles. The zero-order chi connectivity index (χ0) is 13.3. The molecule has 1 atom stereocenters. The molecule has 1 fully saturated rings. The first kappa shape index (κ1) is 12.6. The molecule has 0 spiro atoms. The van der Waals surface area contributed by atoms with Gasteiger partial charge in [0.2, 0.25) is 5.91 Å². The third-order valence-corrected chi connectivity index (χ3v) is 3.27. The highest BCUT2D eigenvalue weighted by Gasteiger charge is 2.31. The molecule has 1 aromatic rings. The molecule has 0 radical (unpaired) electrons. The maximum Gasteiger partial charge on any atom is 0.272 e. The van der Waals surface area contributed by atoms with Crippen LogP contribution in [0.15, 0.2) is 6.07 Å². The van der Waals surface area contributed by atoms with Crippen LogP contribution in [-0.4, -0.2) is 45.6 Å². The Bertz CT molecular complexity index is 480. The van der Waals surface area contributed by atoms with Crippen molar-refractivity contribution in [3.05, 3.63) is 17.5 Å². The van der Waals surface area contributed by atoms with Gasteiger partial charge in [-0.2, -0.15) is 5.10 Å². The smallest absolute Gasteiger partial charge is 0.272 e. The lowest BCUT2D eigenvalue weighted by Crippen LogP contribution is -2.56. The van der Waals surface area contributed by atoms with Crippen LogP contribution in [0.5, 0.6) is 0 Å². The lowest BCUT2D eigenvalue weighted by molar-refractivity contribution is -0.127. The molecule has 0 saturated carbocycles. The fourth-order valence-electron chi connectivity index (χ4n) is 2.11. The van der Waals surface area contributed by atoms with Crippen molar-refractivity contribution in [3.63, 3.8) is 0 Å². The highest BCUT2D eigenvalue weighted by Crippen LogP contribution is 2.12. The summed E-state index contributed by atoms with van der Waals surface area (Å²) in [5.41, 5.74) is 1.42. The van der Waals surface area contributed by atoms with Gasteiger partial charge in [0.05, 0.1) is 5.69 Å². The monoisotopic (exact) mass is 250 g/mol. The summed E-state index contributed by atoms with van der Waals surface area (Å²) in [5.74, 6) is -0.237. The van der Waals surface area contributed by atoms with E-state index < -0.39 is 6.04 Å². The first-order valence-corrected chi connectivity index (χ1v) is 6.16. The molecule has 6 nitrogen and oxygen atoms in total. The van der Waals surface area contributed by atoms with Crippen LogP contribution in [0.1, 0.15) is 30.0 Å². The minimum absolute atomic E-state index is 0.104. The first-order valence-electron chi connectivity index (χ1n) is 6.16. The fourth-order valence-corrected chi connectivity index (χ4v) is 2.11. The van der Waals surface area contributed by atoms with Crippen molar-refractivity contribution in [3.8, 4) is 0 Å². The second-order valence-electron chi connectivity index (χ2n) is 4.46. The second kappa shape index (κ2) is 4.80. The summed E-state index contributed by atoms with van der Waals surface area (Å²) >= 11 is 0. The Hall–Kier alpha value is -1.85. The third-order valence-electron chi connectivity index (χ3n) is 3.27. The highest BCUT2D eigenvalue weighted by atomic mass is 16.2. The average molecular weight is 250 g/mol. The van der Waals surface area contributed by atoms with E-state index in [1.165, 1.54) is 0 Å². The van der Waals surface area contributed by atoms with Gasteiger partial charge in [0.1, 0.15) is 11.7 Å². The average Bonchev–Trinajstić information content (AvgIpc) is 2.73. The summed E-state index contributed by atoms with van der Waals surface area (Å²) in [5, 5.41) is 7.00. The highest BCUT2D eigenvalue weighted by molar-refractivity contribution is 5.97. The van der Waals surface area contributed by atoms with Crippen molar-refractivity contribution >= 4 is 11.8 Å². The van der Waals surface area contributed by atoms with Gasteiger partial charge in [-0.3, -0.25) is 14.3 Å². The minimum atomic E-state index is -0.425. The number of hydrogen-bond donors (Lipinski definition) is 1. The number of piperazine rings is 1. The summed E-state index contributed by atoms with van der Waals surface area (Å²) in [6, 6.07) is 1.37. The zero-order valence-corrected chi connectivity index (χ0v) is 10.9. The lowest BCUT2D eigenvalue weighted by atomic mass is 10.2. The van der Waals surface area contributed by atoms with E-state index in [-0.39, 0.29) is 11.8 Å². The van der Waals surface area contributed by atoms with Crippen molar-refractivity contribution in [2.75, 3.05) is 13.1 Å². The Labute approximate surface area is 106 Å². The summed E-state index contributed by atoms with van der Waals surface area (Å²) in [7, 11) is 1.75. The fraction of sp³-hybridized carbons (Fsp3) is 0.583. The molecule has 2 amide bonds. The predicted molar refractivity (Wildman–Crippen MR) is 66.1 cm³/mol. The number of aromatic nitrogens is 2. The molecule has 2 rings (SSSR count). The molecule has 1 aliphatic rings. The van der Waals surface area contributed by atoms with Gasteiger partial charge in [-0.15, -0.1) is 0 Å². The van der Waals surface area contributed by atoms with Crippen LogP contribution in [0, 0.1) is 0 Å². The SMILES string of the molecule is CCc1cc(C(=O)N2CCNC(=O)C2C)n(C)n1. The van der Waals surface area contributed by atoms with E-state index in [9.17, 15) is 9.59 Å². The Morgan fingerprint density at radius 2 is 2.33 bits per heavy atom. The molecule has 18 heavy (non-hydrogen) atoms. The molecule has 1 aliphatic heterocycles. The van der Waals surface area contributed by atoms with Crippen LogP contribution in [0.25, 0.3) is 0 Å². The summed E-state index contributed by atoms with van der Waals surface area (Å²) in [4.78, 5) is 25.5. The van der Waals surface area contributed by atoms with Crippen molar-refractivity contribution in [2.45, 2.75) is 26.3 Å². The quantitative estimate of drug-likeness (QED) is 0.800. The molecule has 6 heteroatoms. The van der Waals surface area contributed by atoms with Gasteiger partial charge in [-0.1, -0.05) is 6.92 Å². The third kappa shape index (κ3) is 2.10. The molecule has 0 aromatic carbocycles. The summed E-state index contributed by atoms with van der Waals surface area (Å²) in [6.07, 6.45) is 0.789. The largest absolute Gasteiger partial charge is 0.353 e. The number of nitrogens with zero attached hydrogens (tertiary/aromatic N) is 3.